The zero-order valence-corrected chi connectivity index (χ0v) is 12.8. The van der Waals surface area contributed by atoms with E-state index in [-0.39, 0.29) is 23.0 Å². The highest BCUT2D eigenvalue weighted by molar-refractivity contribution is 8.03. The molecule has 2 heterocycles. The molecule has 0 aromatic heterocycles. The van der Waals surface area contributed by atoms with Gasteiger partial charge in [0.2, 0.25) is 0 Å². The summed E-state index contributed by atoms with van der Waals surface area (Å²) in [6.07, 6.45) is 1.46. The van der Waals surface area contributed by atoms with Crippen molar-refractivity contribution in [2.45, 2.75) is 26.9 Å². The smallest absolute Gasteiger partial charge is 0.337 e. The molecule has 2 rings (SSSR count). The van der Waals surface area contributed by atoms with Crippen LogP contribution in [0.4, 0.5) is 0 Å². The van der Waals surface area contributed by atoms with E-state index in [9.17, 15) is 9.90 Å². The van der Waals surface area contributed by atoms with Gasteiger partial charge in [-0.05, 0) is 26.1 Å². The van der Waals surface area contributed by atoms with Gasteiger partial charge in [-0.15, -0.1) is 11.8 Å². The maximum absolute atomic E-state index is 12.1. The summed E-state index contributed by atoms with van der Waals surface area (Å²) in [5.41, 5.74) is 1.69. The molecule has 0 bridgehead atoms. The Labute approximate surface area is 122 Å². The maximum Gasteiger partial charge on any atom is 0.337 e. The molecule has 2 aliphatic rings. The number of hydrogen-bond acceptors (Lipinski definition) is 5. The number of aliphatic hydroxyl groups excluding tert-OH is 1. The second-order valence-electron chi connectivity index (χ2n) is 4.95. The molecule has 4 nitrogen and oxygen atoms in total. The minimum atomic E-state index is -0.236. The quantitative estimate of drug-likeness (QED) is 0.491. The molecule has 1 fully saturated rings. The van der Waals surface area contributed by atoms with Crippen molar-refractivity contribution in [3.8, 4) is 0 Å². The number of hydrogen-bond donors (Lipinski definition) is 1. The van der Waals surface area contributed by atoms with Crippen molar-refractivity contribution in [2.75, 3.05) is 12.3 Å². The number of rotatable bonds is 3. The van der Waals surface area contributed by atoms with E-state index in [0.717, 1.165) is 28.6 Å². The Bertz CT molecular complexity index is 482. The molecule has 0 radical (unpaired) electrons. The van der Waals surface area contributed by atoms with E-state index >= 15 is 0 Å². The number of thiocarbonyl (C=S) groups is 1. The first-order chi connectivity index (χ1) is 8.90. The highest BCUT2D eigenvalue weighted by atomic mass is 32.2. The topological polar surface area (TPSA) is 49.8 Å². The lowest BCUT2D eigenvalue weighted by Crippen LogP contribution is -2.19. The second-order valence-corrected chi connectivity index (χ2v) is 6.33. The van der Waals surface area contributed by atoms with Crippen LogP contribution in [0.15, 0.2) is 22.4 Å². The third kappa shape index (κ3) is 2.95. The Morgan fingerprint density at radius 2 is 2.32 bits per heavy atom. The van der Waals surface area contributed by atoms with Crippen molar-refractivity contribution in [2.24, 2.45) is 5.92 Å². The molecular formula is C13H17NO3S2. The number of ether oxygens (including phenoxy) is 1. The third-order valence-corrected chi connectivity index (χ3v) is 4.25. The van der Waals surface area contributed by atoms with Crippen LogP contribution in [0.3, 0.4) is 0 Å². The largest absolute Gasteiger partial charge is 0.499 e. The molecular weight excluding hydrogens is 282 g/mol. The summed E-state index contributed by atoms with van der Waals surface area (Å²) in [6.45, 7) is 6.44. The van der Waals surface area contributed by atoms with Gasteiger partial charge in [-0.1, -0.05) is 6.92 Å². The average molecular weight is 299 g/mol. The number of thioether (sulfide) groups is 1. The molecule has 1 saturated heterocycles. The lowest BCUT2D eigenvalue weighted by Gasteiger charge is -2.15. The van der Waals surface area contributed by atoms with Crippen molar-refractivity contribution in [1.82, 2.24) is 4.90 Å². The van der Waals surface area contributed by atoms with Crippen LogP contribution in [0.1, 0.15) is 20.8 Å². The molecule has 2 aliphatic heterocycles. The van der Waals surface area contributed by atoms with Crippen LogP contribution in [0.5, 0.6) is 0 Å². The Morgan fingerprint density at radius 3 is 2.89 bits per heavy atom. The molecule has 0 amide bonds. The molecule has 1 unspecified atom stereocenters. The Kier molecular flexibility index (Phi) is 4.20. The summed E-state index contributed by atoms with van der Waals surface area (Å²) in [5.74, 6) is 0.617. The summed E-state index contributed by atoms with van der Waals surface area (Å²) < 4.78 is 5.30. The maximum atomic E-state index is 12.1. The summed E-state index contributed by atoms with van der Waals surface area (Å²) in [5, 5.41) is 10.0. The fraction of sp³-hybridized carbons (Fsp3) is 0.538. The molecule has 0 aliphatic carbocycles. The van der Waals surface area contributed by atoms with E-state index in [1.54, 1.807) is 17.8 Å². The van der Waals surface area contributed by atoms with Gasteiger partial charge in [-0.2, -0.15) is 0 Å². The molecule has 6 heteroatoms. The van der Waals surface area contributed by atoms with Gasteiger partial charge in [0, 0.05) is 30.0 Å². The van der Waals surface area contributed by atoms with Gasteiger partial charge in [0.1, 0.15) is 0 Å². The Hall–Kier alpha value is -1.01. The standard InChI is InChI=1S/C13H17NO3S2/c1-7(2)17-13(16)11-8(3)5-14-9(4-10(15)18)6-19-12(11)14/h4,7-8H,5-6H2,1-3H3,(H,15,18). The molecule has 0 spiro atoms. The molecule has 1 N–H and O–H groups in total. The van der Waals surface area contributed by atoms with Gasteiger partial charge in [-0.3, -0.25) is 0 Å². The minimum absolute atomic E-state index is 0.117. The predicted molar refractivity (Wildman–Crippen MR) is 79.9 cm³/mol. The summed E-state index contributed by atoms with van der Waals surface area (Å²) >= 11 is 6.29. The zero-order chi connectivity index (χ0) is 14.2. The van der Waals surface area contributed by atoms with E-state index in [1.807, 2.05) is 20.8 Å². The Balaban J connectivity index is 2.27. The highest BCUT2D eigenvalue weighted by Crippen LogP contribution is 2.45. The fourth-order valence-corrected chi connectivity index (χ4v) is 3.70. The number of carbonyl (C=O) groups excluding carboxylic acids is 1. The van der Waals surface area contributed by atoms with Gasteiger partial charge < -0.3 is 14.7 Å². The number of nitrogens with zero attached hydrogens (tertiary/aromatic N) is 1. The van der Waals surface area contributed by atoms with Crippen LogP contribution < -0.4 is 0 Å². The van der Waals surface area contributed by atoms with E-state index in [4.69, 9.17) is 17.0 Å². The van der Waals surface area contributed by atoms with Gasteiger partial charge in [0.05, 0.1) is 16.7 Å². The molecule has 19 heavy (non-hydrogen) atoms. The van der Waals surface area contributed by atoms with Crippen molar-refractivity contribution in [3.63, 3.8) is 0 Å². The van der Waals surface area contributed by atoms with Crippen LogP contribution in [-0.4, -0.2) is 39.4 Å². The number of carbonyl (C=O) groups is 1. The summed E-state index contributed by atoms with van der Waals surface area (Å²) in [4.78, 5) is 14.2. The van der Waals surface area contributed by atoms with Gasteiger partial charge in [0.25, 0.3) is 0 Å². The molecule has 0 aromatic rings. The number of aliphatic hydroxyl groups is 1. The predicted octanol–water partition coefficient (Wildman–Crippen LogP) is 2.62. The van der Waals surface area contributed by atoms with Crippen LogP contribution >= 0.6 is 24.0 Å². The van der Waals surface area contributed by atoms with E-state index in [0.29, 0.717) is 0 Å². The van der Waals surface area contributed by atoms with Gasteiger partial charge >= 0.3 is 5.97 Å². The number of fused-ring (bicyclic) bond motifs is 1. The zero-order valence-electron chi connectivity index (χ0n) is 11.2. The van der Waals surface area contributed by atoms with Gasteiger partial charge in [0.15, 0.2) is 5.05 Å². The fourth-order valence-electron chi connectivity index (χ4n) is 2.26. The molecule has 104 valence electrons. The summed E-state index contributed by atoms with van der Waals surface area (Å²) in [6, 6.07) is 0. The highest BCUT2D eigenvalue weighted by Gasteiger charge is 2.39. The monoisotopic (exact) mass is 299 g/mol. The Morgan fingerprint density at radius 1 is 1.63 bits per heavy atom. The minimum Gasteiger partial charge on any atom is -0.499 e. The first-order valence-corrected chi connectivity index (χ1v) is 7.58. The van der Waals surface area contributed by atoms with Crippen LogP contribution in [0, 0.1) is 5.92 Å². The third-order valence-electron chi connectivity index (χ3n) is 2.98. The lowest BCUT2D eigenvalue weighted by molar-refractivity contribution is -0.143. The van der Waals surface area contributed by atoms with Gasteiger partial charge in [-0.25, -0.2) is 4.79 Å². The van der Waals surface area contributed by atoms with Crippen molar-refractivity contribution in [1.29, 1.82) is 0 Å². The first-order valence-electron chi connectivity index (χ1n) is 6.19. The van der Waals surface area contributed by atoms with Crippen LogP contribution in [-0.2, 0) is 9.53 Å². The van der Waals surface area contributed by atoms with E-state index in [1.165, 1.54) is 0 Å². The molecule has 1 atom stereocenters. The SMILES string of the molecule is CC(C)OC(=O)C1=C2SCC(=CC(O)=S)N2CC1C. The van der Waals surface area contributed by atoms with Crippen molar-refractivity contribution < 1.29 is 14.6 Å². The summed E-state index contributed by atoms with van der Waals surface area (Å²) in [7, 11) is 0. The van der Waals surface area contributed by atoms with E-state index < -0.39 is 0 Å². The van der Waals surface area contributed by atoms with Crippen LogP contribution in [0.2, 0.25) is 0 Å². The van der Waals surface area contributed by atoms with Crippen molar-refractivity contribution in [3.05, 3.63) is 22.4 Å². The van der Waals surface area contributed by atoms with Crippen LogP contribution in [0.25, 0.3) is 0 Å². The first kappa shape index (κ1) is 14.4. The molecule has 0 saturated carbocycles. The normalized spacial score (nSPS) is 24.3. The second kappa shape index (κ2) is 5.54. The molecule has 0 aromatic carbocycles. The van der Waals surface area contributed by atoms with E-state index in [2.05, 4.69) is 4.90 Å². The number of esters is 1. The van der Waals surface area contributed by atoms with Crippen molar-refractivity contribution >= 4 is 35.0 Å². The lowest BCUT2D eigenvalue weighted by atomic mass is 10.1. The average Bonchev–Trinajstić information content (AvgIpc) is 2.76.